The van der Waals surface area contributed by atoms with Crippen molar-refractivity contribution in [3.05, 3.63) is 0 Å². The molecule has 88 valence electrons. The molecule has 0 aromatic rings. The van der Waals surface area contributed by atoms with Crippen LogP contribution in [-0.4, -0.2) is 46.5 Å². The van der Waals surface area contributed by atoms with Crippen LogP contribution in [0.4, 0.5) is 0 Å². The molecule has 0 aromatic carbocycles. The van der Waals surface area contributed by atoms with Crippen LogP contribution < -0.4 is 0 Å². The molecule has 15 heavy (non-hydrogen) atoms. The Hall–Kier alpha value is -0.120. The lowest BCUT2D eigenvalue weighted by Gasteiger charge is -2.41. The van der Waals surface area contributed by atoms with Crippen molar-refractivity contribution in [2.75, 3.05) is 13.1 Å². The second-order valence-electron chi connectivity index (χ2n) is 5.29. The third kappa shape index (κ3) is 2.71. The smallest absolute Gasteiger partial charge is 0.0693 e. The summed E-state index contributed by atoms with van der Waals surface area (Å²) in [6, 6.07) is 0.607. The van der Waals surface area contributed by atoms with E-state index < -0.39 is 0 Å². The second kappa shape index (κ2) is 4.81. The molecule has 3 nitrogen and oxygen atoms in total. The zero-order chi connectivity index (χ0) is 10.8. The van der Waals surface area contributed by atoms with E-state index in [1.165, 1.54) is 0 Å². The molecule has 1 aliphatic heterocycles. The molecule has 1 aliphatic carbocycles. The van der Waals surface area contributed by atoms with Gasteiger partial charge in [-0.25, -0.2) is 0 Å². The molecule has 0 amide bonds. The number of aliphatic hydroxyl groups excluding tert-OH is 2. The van der Waals surface area contributed by atoms with Gasteiger partial charge in [0, 0.05) is 12.6 Å². The summed E-state index contributed by atoms with van der Waals surface area (Å²) in [4.78, 5) is 2.43. The van der Waals surface area contributed by atoms with Crippen LogP contribution in [0.15, 0.2) is 0 Å². The maximum Gasteiger partial charge on any atom is 0.0693 e. The Morgan fingerprint density at radius 2 is 1.67 bits per heavy atom. The molecule has 3 heteroatoms. The summed E-state index contributed by atoms with van der Waals surface area (Å²) in [5.41, 5.74) is 0. The lowest BCUT2D eigenvalue weighted by Crippen LogP contribution is -2.49. The van der Waals surface area contributed by atoms with Crippen LogP contribution in [0.1, 0.15) is 39.0 Å². The average Bonchev–Trinajstić information content (AvgIpc) is 2.23. The van der Waals surface area contributed by atoms with Crippen molar-refractivity contribution in [2.24, 2.45) is 5.92 Å². The highest BCUT2D eigenvalue weighted by Gasteiger charge is 2.30. The highest BCUT2D eigenvalue weighted by atomic mass is 16.3. The lowest BCUT2D eigenvalue weighted by atomic mass is 9.88. The van der Waals surface area contributed by atoms with Crippen molar-refractivity contribution in [1.29, 1.82) is 0 Å². The molecule has 1 saturated carbocycles. The van der Waals surface area contributed by atoms with Crippen LogP contribution in [-0.2, 0) is 0 Å². The van der Waals surface area contributed by atoms with E-state index in [2.05, 4.69) is 11.8 Å². The molecule has 0 bridgehead atoms. The summed E-state index contributed by atoms with van der Waals surface area (Å²) < 4.78 is 0. The van der Waals surface area contributed by atoms with Crippen molar-refractivity contribution in [3.8, 4) is 0 Å². The highest BCUT2D eigenvalue weighted by Crippen LogP contribution is 2.27. The Labute approximate surface area is 92.1 Å². The molecule has 0 spiro atoms. The number of β-amino-alcohol motifs (C(OH)–C–C–N with tert-alkyl or cyclic N) is 1. The summed E-state index contributed by atoms with van der Waals surface area (Å²) >= 11 is 0. The van der Waals surface area contributed by atoms with Crippen LogP contribution in [0.2, 0.25) is 0 Å². The summed E-state index contributed by atoms with van der Waals surface area (Å²) in [5.74, 6) is 0.454. The third-order valence-electron chi connectivity index (χ3n) is 4.13. The van der Waals surface area contributed by atoms with Gasteiger partial charge in [0.25, 0.3) is 0 Å². The molecule has 2 fully saturated rings. The van der Waals surface area contributed by atoms with Crippen molar-refractivity contribution in [3.63, 3.8) is 0 Å². The summed E-state index contributed by atoms with van der Waals surface area (Å²) in [5, 5.41) is 19.3. The van der Waals surface area contributed by atoms with E-state index in [0.29, 0.717) is 12.0 Å². The van der Waals surface area contributed by atoms with Crippen LogP contribution in [0.25, 0.3) is 0 Å². The van der Waals surface area contributed by atoms with Gasteiger partial charge >= 0.3 is 0 Å². The number of aliphatic hydroxyl groups is 2. The fourth-order valence-corrected chi connectivity index (χ4v) is 2.83. The Morgan fingerprint density at radius 1 is 1.00 bits per heavy atom. The molecular weight excluding hydrogens is 190 g/mol. The first kappa shape index (κ1) is 11.4. The van der Waals surface area contributed by atoms with E-state index in [1.807, 2.05) is 0 Å². The van der Waals surface area contributed by atoms with Crippen LogP contribution in [0.3, 0.4) is 0 Å². The number of nitrogens with zero attached hydrogens (tertiary/aromatic N) is 1. The Morgan fingerprint density at radius 3 is 2.27 bits per heavy atom. The molecule has 2 N–H and O–H groups in total. The van der Waals surface area contributed by atoms with E-state index in [-0.39, 0.29) is 12.2 Å². The zero-order valence-corrected chi connectivity index (χ0v) is 9.60. The minimum atomic E-state index is -0.148. The van der Waals surface area contributed by atoms with Gasteiger partial charge in [0.15, 0.2) is 0 Å². The van der Waals surface area contributed by atoms with E-state index in [1.54, 1.807) is 0 Å². The second-order valence-corrected chi connectivity index (χ2v) is 5.29. The molecule has 2 aliphatic rings. The number of piperidine rings is 1. The molecule has 2 unspecified atom stereocenters. The van der Waals surface area contributed by atoms with Crippen molar-refractivity contribution in [1.82, 2.24) is 4.90 Å². The van der Waals surface area contributed by atoms with Gasteiger partial charge in [-0.15, -0.1) is 0 Å². The number of hydrogen-bond donors (Lipinski definition) is 2. The molecule has 2 atom stereocenters. The van der Waals surface area contributed by atoms with Gasteiger partial charge < -0.3 is 10.2 Å². The predicted octanol–water partition coefficient (Wildman–Crippen LogP) is 0.993. The topological polar surface area (TPSA) is 43.7 Å². The minimum absolute atomic E-state index is 0.0742. The third-order valence-corrected chi connectivity index (χ3v) is 4.13. The van der Waals surface area contributed by atoms with Crippen molar-refractivity contribution >= 4 is 0 Å². The number of hydrogen-bond acceptors (Lipinski definition) is 3. The van der Waals surface area contributed by atoms with E-state index in [0.717, 1.165) is 45.2 Å². The predicted molar refractivity (Wildman–Crippen MR) is 59.6 cm³/mol. The zero-order valence-electron chi connectivity index (χ0n) is 9.60. The first-order valence-electron chi connectivity index (χ1n) is 6.27. The first-order chi connectivity index (χ1) is 7.16. The lowest BCUT2D eigenvalue weighted by molar-refractivity contribution is -0.00819. The molecule has 2 rings (SSSR count). The largest absolute Gasteiger partial charge is 0.393 e. The van der Waals surface area contributed by atoms with Gasteiger partial charge in [-0.3, -0.25) is 4.90 Å². The van der Waals surface area contributed by atoms with Crippen molar-refractivity contribution < 1.29 is 10.2 Å². The number of likely N-dealkylation sites (tertiary alicyclic amines) is 1. The SMILES string of the molecule is CC1CCN(C2CCC(O)CC2)CC1O. The van der Waals surface area contributed by atoms with Crippen LogP contribution in [0, 0.1) is 5.92 Å². The van der Waals surface area contributed by atoms with Crippen molar-refractivity contribution in [2.45, 2.75) is 57.3 Å². The first-order valence-corrected chi connectivity index (χ1v) is 6.27. The Balaban J connectivity index is 1.84. The maximum absolute atomic E-state index is 9.84. The molecule has 0 radical (unpaired) electrons. The Kier molecular flexibility index (Phi) is 3.65. The van der Waals surface area contributed by atoms with Crippen LogP contribution >= 0.6 is 0 Å². The monoisotopic (exact) mass is 213 g/mol. The van der Waals surface area contributed by atoms with Crippen LogP contribution in [0.5, 0.6) is 0 Å². The molecule has 1 heterocycles. The summed E-state index contributed by atoms with van der Waals surface area (Å²) in [6.45, 7) is 4.09. The van der Waals surface area contributed by atoms with E-state index in [9.17, 15) is 10.2 Å². The van der Waals surface area contributed by atoms with Gasteiger partial charge in [-0.1, -0.05) is 6.92 Å². The summed E-state index contributed by atoms with van der Waals surface area (Å²) in [7, 11) is 0. The highest BCUT2D eigenvalue weighted by molar-refractivity contribution is 4.85. The standard InChI is InChI=1S/C12H23NO2/c1-9-6-7-13(8-12(9)15)10-2-4-11(14)5-3-10/h9-12,14-15H,2-8H2,1H3. The maximum atomic E-state index is 9.84. The molecule has 1 saturated heterocycles. The normalized spacial score (nSPS) is 44.2. The summed E-state index contributed by atoms with van der Waals surface area (Å²) in [6.07, 6.45) is 4.96. The van der Waals surface area contributed by atoms with Gasteiger partial charge in [0.1, 0.15) is 0 Å². The average molecular weight is 213 g/mol. The number of rotatable bonds is 1. The fourth-order valence-electron chi connectivity index (χ4n) is 2.83. The van der Waals surface area contributed by atoms with Gasteiger partial charge in [0.05, 0.1) is 12.2 Å². The van der Waals surface area contributed by atoms with E-state index >= 15 is 0 Å². The van der Waals surface area contributed by atoms with E-state index in [4.69, 9.17) is 0 Å². The molecular formula is C12H23NO2. The minimum Gasteiger partial charge on any atom is -0.393 e. The quantitative estimate of drug-likeness (QED) is 0.683. The fraction of sp³-hybridized carbons (Fsp3) is 1.00. The van der Waals surface area contributed by atoms with Gasteiger partial charge in [0.2, 0.25) is 0 Å². The molecule has 0 aromatic heterocycles. The Bertz CT molecular complexity index is 202. The van der Waals surface area contributed by atoms with Gasteiger partial charge in [-0.05, 0) is 44.6 Å². The van der Waals surface area contributed by atoms with Gasteiger partial charge in [-0.2, -0.15) is 0 Å².